The van der Waals surface area contributed by atoms with Gasteiger partial charge in [0.1, 0.15) is 10.0 Å². The molecule has 3 N–H and O–H groups in total. The van der Waals surface area contributed by atoms with Crippen molar-refractivity contribution in [3.05, 3.63) is 28.8 Å². The lowest BCUT2D eigenvalue weighted by molar-refractivity contribution is -0.119. The topological polar surface area (TPSA) is 116 Å². The highest BCUT2D eigenvalue weighted by atomic mass is 32.2. The summed E-state index contributed by atoms with van der Waals surface area (Å²) in [6.45, 7) is 4.14. The maximum absolute atomic E-state index is 12.3. The van der Waals surface area contributed by atoms with Crippen LogP contribution in [0.5, 0.6) is 0 Å². The molecule has 1 amide bonds. The first-order valence-corrected chi connectivity index (χ1v) is 10.6. The van der Waals surface area contributed by atoms with E-state index in [1.165, 1.54) is 13.0 Å². The fraction of sp³-hybridized carbons (Fsp3) is 0.438. The number of hydrogen-bond donors (Lipinski definition) is 3. The van der Waals surface area contributed by atoms with Crippen LogP contribution in [0, 0.1) is 6.92 Å². The second-order valence-corrected chi connectivity index (χ2v) is 9.20. The summed E-state index contributed by atoms with van der Waals surface area (Å²) in [7, 11) is 0.184. The Bertz CT molecular complexity index is 895. The molecule has 0 aliphatic rings. The summed E-state index contributed by atoms with van der Waals surface area (Å²) in [4.78, 5) is 22.2. The van der Waals surface area contributed by atoms with E-state index in [0.29, 0.717) is 19.0 Å². The van der Waals surface area contributed by atoms with E-state index in [-0.39, 0.29) is 16.7 Å². The van der Waals surface area contributed by atoms with Crippen LogP contribution in [0.4, 0.5) is 11.8 Å². The number of nitrogens with zero attached hydrogens (tertiary/aromatic N) is 3. The molecule has 9 nitrogen and oxygen atoms in total. The molecule has 2 aromatic heterocycles. The van der Waals surface area contributed by atoms with Crippen LogP contribution in [0.15, 0.2) is 22.4 Å². The highest BCUT2D eigenvalue weighted by molar-refractivity contribution is 7.91. The lowest BCUT2D eigenvalue weighted by Crippen LogP contribution is -2.28. The van der Waals surface area contributed by atoms with Gasteiger partial charge in [-0.3, -0.25) is 4.79 Å². The Morgan fingerprint density at radius 1 is 1.22 bits per heavy atom. The van der Waals surface area contributed by atoms with Gasteiger partial charge in [0, 0.05) is 50.7 Å². The average Bonchev–Trinajstić information content (AvgIpc) is 3.06. The Hall–Kier alpha value is -2.24. The van der Waals surface area contributed by atoms with E-state index < -0.39 is 10.0 Å². The number of amides is 1. The molecule has 2 heterocycles. The number of thiophene rings is 1. The molecule has 0 spiro atoms. The van der Waals surface area contributed by atoms with Crippen molar-refractivity contribution in [1.29, 1.82) is 0 Å². The summed E-state index contributed by atoms with van der Waals surface area (Å²) in [6.07, 6.45) is 0. The molecule has 0 saturated heterocycles. The molecule has 0 aliphatic carbocycles. The van der Waals surface area contributed by atoms with Crippen LogP contribution >= 0.6 is 11.3 Å². The van der Waals surface area contributed by atoms with Crippen molar-refractivity contribution >= 4 is 39.0 Å². The van der Waals surface area contributed by atoms with Crippen molar-refractivity contribution in [2.45, 2.75) is 24.6 Å². The predicted molar refractivity (Wildman–Crippen MR) is 107 cm³/mol. The molecular weight excluding hydrogens is 388 g/mol. The Labute approximate surface area is 163 Å². The van der Waals surface area contributed by atoms with Gasteiger partial charge in [-0.2, -0.15) is 4.98 Å². The van der Waals surface area contributed by atoms with Crippen molar-refractivity contribution < 1.29 is 13.2 Å². The van der Waals surface area contributed by atoms with Crippen molar-refractivity contribution in [3.8, 4) is 0 Å². The molecule has 148 valence electrons. The number of carbonyl (C=O) groups excluding carboxylic acids is 1. The van der Waals surface area contributed by atoms with Gasteiger partial charge in [-0.05, 0) is 19.1 Å². The minimum Gasteiger partial charge on any atom is -0.363 e. The normalized spacial score (nSPS) is 11.3. The zero-order valence-electron chi connectivity index (χ0n) is 15.7. The van der Waals surface area contributed by atoms with Crippen molar-refractivity contribution in [1.82, 2.24) is 20.0 Å². The van der Waals surface area contributed by atoms with Crippen LogP contribution in [0.2, 0.25) is 0 Å². The monoisotopic (exact) mass is 412 g/mol. The van der Waals surface area contributed by atoms with Gasteiger partial charge < -0.3 is 15.5 Å². The van der Waals surface area contributed by atoms with Gasteiger partial charge in [0.05, 0.1) is 6.54 Å². The number of carbonyl (C=O) groups is 1. The smallest absolute Gasteiger partial charge is 0.250 e. The van der Waals surface area contributed by atoms with E-state index in [9.17, 15) is 13.2 Å². The maximum atomic E-state index is 12.3. The van der Waals surface area contributed by atoms with Crippen molar-refractivity contribution in [2.24, 2.45) is 0 Å². The summed E-state index contributed by atoms with van der Waals surface area (Å²) in [5.41, 5.74) is 0.821. The van der Waals surface area contributed by atoms with Crippen molar-refractivity contribution in [3.63, 3.8) is 0 Å². The molecule has 0 fully saturated rings. The first-order chi connectivity index (χ1) is 12.7. The Balaban J connectivity index is 1.88. The van der Waals surface area contributed by atoms with Gasteiger partial charge in [0.2, 0.25) is 21.9 Å². The van der Waals surface area contributed by atoms with Crippen LogP contribution in [0.1, 0.15) is 17.5 Å². The minimum atomic E-state index is -3.60. The number of sulfonamides is 1. The number of hydrogen-bond acceptors (Lipinski definition) is 8. The van der Waals surface area contributed by atoms with E-state index in [1.54, 1.807) is 6.07 Å². The SMILES string of the molecule is CC(=O)NCc1ccc(S(=O)(=O)NCCNc2nc(C)cc(N(C)C)n2)s1. The highest BCUT2D eigenvalue weighted by Crippen LogP contribution is 2.21. The van der Waals surface area contributed by atoms with Crippen molar-refractivity contribution in [2.75, 3.05) is 37.4 Å². The average molecular weight is 413 g/mol. The van der Waals surface area contributed by atoms with Gasteiger partial charge in [0.25, 0.3) is 0 Å². The van der Waals surface area contributed by atoms with Crippen LogP contribution in [-0.2, 0) is 21.4 Å². The zero-order chi connectivity index (χ0) is 20.0. The fourth-order valence-electron chi connectivity index (χ4n) is 2.10. The molecule has 0 aromatic carbocycles. The molecule has 27 heavy (non-hydrogen) atoms. The summed E-state index contributed by atoms with van der Waals surface area (Å²) >= 11 is 1.13. The largest absolute Gasteiger partial charge is 0.363 e. The third-order valence-electron chi connectivity index (χ3n) is 3.41. The molecule has 0 bridgehead atoms. The molecule has 0 atom stereocenters. The molecule has 0 radical (unpaired) electrons. The zero-order valence-corrected chi connectivity index (χ0v) is 17.4. The fourth-order valence-corrected chi connectivity index (χ4v) is 4.47. The van der Waals surface area contributed by atoms with E-state index in [0.717, 1.165) is 27.7 Å². The number of aromatic nitrogens is 2. The quantitative estimate of drug-likeness (QED) is 0.525. The van der Waals surface area contributed by atoms with Crippen LogP contribution < -0.4 is 20.3 Å². The molecular formula is C16H24N6O3S2. The predicted octanol–water partition coefficient (Wildman–Crippen LogP) is 0.939. The summed E-state index contributed by atoms with van der Waals surface area (Å²) in [5.74, 6) is 1.07. The van der Waals surface area contributed by atoms with Gasteiger partial charge >= 0.3 is 0 Å². The van der Waals surface area contributed by atoms with E-state index in [2.05, 4.69) is 25.3 Å². The number of nitrogens with one attached hydrogen (secondary N) is 3. The molecule has 0 aliphatic heterocycles. The maximum Gasteiger partial charge on any atom is 0.250 e. The number of rotatable bonds is 9. The standard InChI is InChI=1S/C16H24N6O3S2/c1-11-9-14(22(3)4)21-16(20-11)17-7-8-19-27(24,25)15-6-5-13(26-15)10-18-12(2)23/h5-6,9,19H,7-8,10H2,1-4H3,(H,18,23)(H,17,20,21). The molecule has 11 heteroatoms. The van der Waals surface area contributed by atoms with Crippen LogP contribution in [0.3, 0.4) is 0 Å². The first kappa shape index (κ1) is 21.1. The third kappa shape index (κ3) is 6.45. The molecule has 2 aromatic rings. The third-order valence-corrected chi connectivity index (χ3v) is 6.45. The lowest BCUT2D eigenvalue weighted by Gasteiger charge is -2.13. The molecule has 0 unspecified atom stereocenters. The van der Waals surface area contributed by atoms with Gasteiger partial charge in [0.15, 0.2) is 0 Å². The second kappa shape index (κ2) is 9.11. The van der Waals surface area contributed by atoms with Crippen LogP contribution in [0.25, 0.3) is 0 Å². The van der Waals surface area contributed by atoms with E-state index in [4.69, 9.17) is 0 Å². The number of anilines is 2. The highest BCUT2D eigenvalue weighted by Gasteiger charge is 2.16. The van der Waals surface area contributed by atoms with Gasteiger partial charge in [-0.1, -0.05) is 0 Å². The summed E-state index contributed by atoms with van der Waals surface area (Å²) in [6, 6.07) is 5.09. The van der Waals surface area contributed by atoms with Crippen LogP contribution in [-0.4, -0.2) is 51.5 Å². The molecule has 2 rings (SSSR count). The Morgan fingerprint density at radius 2 is 1.96 bits per heavy atom. The Kier molecular flexibility index (Phi) is 7.11. The lowest BCUT2D eigenvalue weighted by atomic mass is 10.4. The Morgan fingerprint density at radius 3 is 2.63 bits per heavy atom. The summed E-state index contributed by atoms with van der Waals surface area (Å²) in [5, 5.41) is 5.67. The second-order valence-electron chi connectivity index (χ2n) is 6.04. The molecule has 0 saturated carbocycles. The summed E-state index contributed by atoms with van der Waals surface area (Å²) < 4.78 is 27.4. The first-order valence-electron chi connectivity index (χ1n) is 8.27. The van der Waals surface area contributed by atoms with Gasteiger partial charge in [-0.25, -0.2) is 18.1 Å². The number of aryl methyl sites for hydroxylation is 1. The van der Waals surface area contributed by atoms with Gasteiger partial charge in [-0.15, -0.1) is 11.3 Å². The van der Waals surface area contributed by atoms with E-state index in [1.807, 2.05) is 32.0 Å². The minimum absolute atomic E-state index is 0.159. The van der Waals surface area contributed by atoms with E-state index >= 15 is 0 Å².